The molecule has 4 nitrogen and oxygen atoms in total. The van der Waals surface area contributed by atoms with Crippen LogP contribution in [0.2, 0.25) is 0 Å². The first-order valence-electron chi connectivity index (χ1n) is 8.82. The second kappa shape index (κ2) is 8.27. The molecule has 1 fully saturated rings. The lowest BCUT2D eigenvalue weighted by molar-refractivity contribution is -0.157. The maximum Gasteiger partial charge on any atom is 0.416 e. The Kier molecular flexibility index (Phi) is 6.09. The molecule has 3 rings (SSSR count). The summed E-state index contributed by atoms with van der Waals surface area (Å²) < 4.78 is 92.8. The van der Waals surface area contributed by atoms with Crippen LogP contribution in [0, 0.1) is 0 Å². The second-order valence-corrected chi connectivity index (χ2v) is 6.44. The zero-order valence-electron chi connectivity index (χ0n) is 15.5. The Morgan fingerprint density at radius 2 is 1.30 bits per heavy atom. The molecule has 0 radical (unpaired) electrons. The van der Waals surface area contributed by atoms with Crippen LogP contribution in [0.4, 0.5) is 26.3 Å². The number of halogens is 6. The molecule has 0 spiro atoms. The molecule has 0 aromatic heterocycles. The third-order valence-electron chi connectivity index (χ3n) is 4.41. The van der Waals surface area contributed by atoms with Gasteiger partial charge in [0, 0.05) is 5.56 Å². The van der Waals surface area contributed by atoms with Gasteiger partial charge in [0.1, 0.15) is 6.10 Å². The predicted molar refractivity (Wildman–Crippen MR) is 91.0 cm³/mol. The Morgan fingerprint density at radius 1 is 0.833 bits per heavy atom. The van der Waals surface area contributed by atoms with Gasteiger partial charge in [0.15, 0.2) is 12.4 Å². The van der Waals surface area contributed by atoms with Crippen molar-refractivity contribution in [1.82, 2.24) is 0 Å². The van der Waals surface area contributed by atoms with Crippen LogP contribution in [0.5, 0.6) is 0 Å². The third-order valence-corrected chi connectivity index (χ3v) is 4.41. The van der Waals surface area contributed by atoms with E-state index in [1.807, 2.05) is 0 Å². The van der Waals surface area contributed by atoms with Crippen molar-refractivity contribution in [2.75, 3.05) is 6.61 Å². The van der Waals surface area contributed by atoms with Gasteiger partial charge < -0.3 is 14.2 Å². The second-order valence-electron chi connectivity index (χ2n) is 6.44. The molecule has 1 aliphatic heterocycles. The first-order chi connectivity index (χ1) is 14.0. The number of ether oxygens (including phenoxy) is 3. The monoisotopic (exact) mass is 434 g/mol. The van der Waals surface area contributed by atoms with Gasteiger partial charge in [0.2, 0.25) is 0 Å². The van der Waals surface area contributed by atoms with E-state index in [1.165, 1.54) is 0 Å². The molecular formula is C20H16F6O4. The molecule has 0 amide bonds. The summed E-state index contributed by atoms with van der Waals surface area (Å²) >= 11 is 0. The van der Waals surface area contributed by atoms with Crippen LogP contribution in [0.25, 0.3) is 0 Å². The van der Waals surface area contributed by atoms with Crippen molar-refractivity contribution in [2.24, 2.45) is 0 Å². The van der Waals surface area contributed by atoms with Crippen molar-refractivity contribution in [2.45, 2.75) is 37.8 Å². The average Bonchev–Trinajstić information content (AvgIpc) is 3.13. The molecule has 0 unspecified atom stereocenters. The minimum atomic E-state index is -4.53. The van der Waals surface area contributed by atoms with Crippen LogP contribution in [-0.4, -0.2) is 18.7 Å². The number of hydrogen-bond donors (Lipinski definition) is 0. The summed E-state index contributed by atoms with van der Waals surface area (Å²) in [7, 11) is 0. The maximum atomic E-state index is 12.8. The van der Waals surface area contributed by atoms with Gasteiger partial charge in [-0.25, -0.2) is 4.79 Å². The van der Waals surface area contributed by atoms with E-state index in [0.717, 1.165) is 48.5 Å². The van der Waals surface area contributed by atoms with E-state index >= 15 is 0 Å². The predicted octanol–water partition coefficient (Wildman–Crippen LogP) is 5.44. The zero-order valence-corrected chi connectivity index (χ0v) is 15.5. The van der Waals surface area contributed by atoms with Crippen LogP contribution in [0.1, 0.15) is 41.6 Å². The van der Waals surface area contributed by atoms with Crippen molar-refractivity contribution in [3.05, 3.63) is 70.8 Å². The van der Waals surface area contributed by atoms with Crippen LogP contribution < -0.4 is 0 Å². The van der Waals surface area contributed by atoms with E-state index in [9.17, 15) is 31.1 Å². The number of hydrogen-bond acceptors (Lipinski definition) is 4. The fourth-order valence-electron chi connectivity index (χ4n) is 2.95. The Balaban J connectivity index is 1.87. The third kappa shape index (κ3) is 4.76. The number of benzene rings is 2. The lowest BCUT2D eigenvalue weighted by atomic mass is 10.0. The normalized spacial score (nSPS) is 22.2. The number of alkyl halides is 6. The average molecular weight is 434 g/mol. The molecule has 162 valence electrons. The van der Waals surface area contributed by atoms with Gasteiger partial charge in [-0.15, -0.1) is 0 Å². The molecule has 3 atom stereocenters. The van der Waals surface area contributed by atoms with E-state index in [-0.39, 0.29) is 17.7 Å². The first-order valence-corrected chi connectivity index (χ1v) is 8.82. The smallest absolute Gasteiger partial charge is 0.416 e. The Morgan fingerprint density at radius 3 is 1.73 bits per heavy atom. The highest BCUT2D eigenvalue weighted by atomic mass is 19.4. The topological polar surface area (TPSA) is 44.8 Å². The molecule has 0 saturated carbocycles. The lowest BCUT2D eigenvalue weighted by Crippen LogP contribution is -2.28. The maximum absolute atomic E-state index is 12.8. The van der Waals surface area contributed by atoms with Crippen molar-refractivity contribution in [3.8, 4) is 0 Å². The fourth-order valence-corrected chi connectivity index (χ4v) is 2.95. The molecule has 1 aliphatic rings. The largest absolute Gasteiger partial charge is 0.464 e. The van der Waals surface area contributed by atoms with E-state index in [1.54, 1.807) is 6.92 Å². The highest BCUT2D eigenvalue weighted by Crippen LogP contribution is 2.42. The summed E-state index contributed by atoms with van der Waals surface area (Å²) in [5.41, 5.74) is -1.30. The van der Waals surface area contributed by atoms with Crippen LogP contribution in [0.15, 0.2) is 48.5 Å². The van der Waals surface area contributed by atoms with E-state index in [2.05, 4.69) is 0 Å². The van der Waals surface area contributed by atoms with Gasteiger partial charge in [-0.1, -0.05) is 24.3 Å². The standard InChI is InChI=1S/C20H16F6O4/c1-2-28-17(27)16-15(11-3-7-13(8-4-11)19(21,22)23)29-18(30-16)12-5-9-14(10-6-12)20(24,25)26/h3-10,15-16,18H,2H2,1H3/t15-,16+,18-/m1/s1. The van der Waals surface area contributed by atoms with Crippen LogP contribution >= 0.6 is 0 Å². The lowest BCUT2D eigenvalue weighted by Gasteiger charge is -2.16. The Hall–Kier alpha value is -2.59. The van der Waals surface area contributed by atoms with Crippen molar-refractivity contribution < 1.29 is 45.3 Å². The van der Waals surface area contributed by atoms with Gasteiger partial charge in [-0.05, 0) is 36.8 Å². The highest BCUT2D eigenvalue weighted by Gasteiger charge is 2.44. The molecule has 1 heterocycles. The molecule has 0 aliphatic carbocycles. The fraction of sp³-hybridized carbons (Fsp3) is 0.350. The summed E-state index contributed by atoms with van der Waals surface area (Å²) in [6, 6.07) is 7.95. The van der Waals surface area contributed by atoms with Gasteiger partial charge in [0.25, 0.3) is 0 Å². The minimum absolute atomic E-state index is 0.0311. The first kappa shape index (κ1) is 22.1. The van der Waals surface area contributed by atoms with E-state index in [0.29, 0.717) is 0 Å². The molecule has 10 heteroatoms. The highest BCUT2D eigenvalue weighted by molar-refractivity contribution is 5.76. The molecule has 0 N–H and O–H groups in total. The van der Waals surface area contributed by atoms with E-state index < -0.39 is 47.9 Å². The van der Waals surface area contributed by atoms with Gasteiger partial charge in [-0.2, -0.15) is 26.3 Å². The summed E-state index contributed by atoms with van der Waals surface area (Å²) in [6.45, 7) is 1.59. The van der Waals surface area contributed by atoms with Crippen molar-refractivity contribution in [1.29, 1.82) is 0 Å². The van der Waals surface area contributed by atoms with Gasteiger partial charge >= 0.3 is 18.3 Å². The minimum Gasteiger partial charge on any atom is -0.464 e. The van der Waals surface area contributed by atoms with Crippen molar-refractivity contribution >= 4 is 5.97 Å². The van der Waals surface area contributed by atoms with Crippen LogP contribution in [0.3, 0.4) is 0 Å². The molecule has 2 aromatic rings. The van der Waals surface area contributed by atoms with Crippen molar-refractivity contribution in [3.63, 3.8) is 0 Å². The number of carbonyl (C=O) groups excluding carboxylic acids is 1. The summed E-state index contributed by atoms with van der Waals surface area (Å²) in [4.78, 5) is 12.3. The molecule has 0 bridgehead atoms. The molecule has 1 saturated heterocycles. The number of esters is 1. The SMILES string of the molecule is CCOC(=O)[C@H]1O[C@H](c2ccc(C(F)(F)F)cc2)O[C@@H]1c1ccc(C(F)(F)F)cc1. The van der Waals surface area contributed by atoms with Gasteiger partial charge in [0.05, 0.1) is 17.7 Å². The van der Waals surface area contributed by atoms with Crippen LogP contribution in [-0.2, 0) is 31.4 Å². The molecule has 30 heavy (non-hydrogen) atoms. The number of carbonyl (C=O) groups is 1. The Bertz CT molecular complexity index is 874. The summed E-state index contributed by atoms with van der Waals surface area (Å²) in [5, 5.41) is 0. The molecule has 2 aromatic carbocycles. The Labute approximate surface area is 167 Å². The van der Waals surface area contributed by atoms with Gasteiger partial charge in [-0.3, -0.25) is 0 Å². The zero-order chi connectivity index (χ0) is 22.1. The summed E-state index contributed by atoms with van der Waals surface area (Å²) in [6.07, 6.45) is -12.7. The molecular weight excluding hydrogens is 418 g/mol. The van der Waals surface area contributed by atoms with E-state index in [4.69, 9.17) is 14.2 Å². The summed E-state index contributed by atoms with van der Waals surface area (Å²) in [5.74, 6) is -0.795. The number of rotatable bonds is 4. The quantitative estimate of drug-likeness (QED) is 0.475.